The Hall–Kier alpha value is -3.15. The first-order valence-corrected chi connectivity index (χ1v) is 10.4. The summed E-state index contributed by atoms with van der Waals surface area (Å²) in [6.07, 6.45) is 0.575. The maximum Gasteiger partial charge on any atom is 0.295 e. The molecular formula is C25H22ClNO4. The Morgan fingerprint density at radius 3 is 2.48 bits per heavy atom. The topological polar surface area (TPSA) is 66.8 Å². The number of likely N-dealkylation sites (tertiary alicyclic amines) is 1. The molecule has 0 aromatic heterocycles. The number of nitrogens with zero attached hydrogens (tertiary/aromatic N) is 1. The number of benzene rings is 3. The van der Waals surface area contributed by atoms with Gasteiger partial charge in [-0.25, -0.2) is 0 Å². The lowest BCUT2D eigenvalue weighted by molar-refractivity contribution is -0.140. The van der Waals surface area contributed by atoms with Gasteiger partial charge in [0.1, 0.15) is 5.76 Å². The van der Waals surface area contributed by atoms with Crippen molar-refractivity contribution in [1.82, 2.24) is 4.90 Å². The lowest BCUT2D eigenvalue weighted by atomic mass is 9.91. The number of amides is 1. The average molecular weight is 436 g/mol. The van der Waals surface area contributed by atoms with E-state index < -0.39 is 17.7 Å². The van der Waals surface area contributed by atoms with Crippen LogP contribution in [0.15, 0.2) is 72.3 Å². The molecule has 3 aromatic rings. The van der Waals surface area contributed by atoms with Crippen LogP contribution >= 0.6 is 11.6 Å². The Morgan fingerprint density at radius 1 is 1.03 bits per heavy atom. The van der Waals surface area contributed by atoms with E-state index in [0.717, 1.165) is 16.3 Å². The minimum Gasteiger partial charge on any atom is -0.507 e. The van der Waals surface area contributed by atoms with Gasteiger partial charge in [-0.3, -0.25) is 9.59 Å². The van der Waals surface area contributed by atoms with Crippen molar-refractivity contribution in [3.05, 3.63) is 88.5 Å². The molecule has 158 valence electrons. The summed E-state index contributed by atoms with van der Waals surface area (Å²) in [6.45, 7) is 0.798. The molecule has 1 fully saturated rings. The molecule has 0 aliphatic carbocycles. The van der Waals surface area contributed by atoms with E-state index in [1.54, 1.807) is 31.4 Å². The standard InChI is InChI=1S/C25H22ClNO4/c1-31-15-5-14-27-22(20-9-4-7-16-6-2-3-8-19(16)20)21(24(29)25(27)30)23(28)17-10-12-18(26)13-11-17/h2-4,6-13,22,28H,5,14-15H2,1H3. The summed E-state index contributed by atoms with van der Waals surface area (Å²) in [4.78, 5) is 27.6. The highest BCUT2D eigenvalue weighted by atomic mass is 35.5. The van der Waals surface area contributed by atoms with Gasteiger partial charge in [0.2, 0.25) is 0 Å². The second-order valence-electron chi connectivity index (χ2n) is 7.41. The molecule has 5 nitrogen and oxygen atoms in total. The van der Waals surface area contributed by atoms with Crippen LogP contribution in [0.3, 0.4) is 0 Å². The normalized spacial score (nSPS) is 18.1. The lowest BCUT2D eigenvalue weighted by Crippen LogP contribution is -2.31. The summed E-state index contributed by atoms with van der Waals surface area (Å²) < 4.78 is 5.13. The van der Waals surface area contributed by atoms with E-state index in [4.69, 9.17) is 16.3 Å². The zero-order valence-corrected chi connectivity index (χ0v) is 17.8. The first-order valence-electron chi connectivity index (χ1n) is 10.0. The van der Waals surface area contributed by atoms with Gasteiger partial charge in [0.15, 0.2) is 0 Å². The lowest BCUT2D eigenvalue weighted by Gasteiger charge is -2.26. The molecule has 1 aliphatic rings. The van der Waals surface area contributed by atoms with E-state index in [9.17, 15) is 14.7 Å². The van der Waals surface area contributed by atoms with Crippen molar-refractivity contribution < 1.29 is 19.4 Å². The van der Waals surface area contributed by atoms with Gasteiger partial charge in [-0.1, -0.05) is 54.1 Å². The monoisotopic (exact) mass is 435 g/mol. The van der Waals surface area contributed by atoms with Crippen LogP contribution in [0.1, 0.15) is 23.6 Å². The highest BCUT2D eigenvalue weighted by molar-refractivity contribution is 6.46. The van der Waals surface area contributed by atoms with Gasteiger partial charge in [0.05, 0.1) is 11.6 Å². The summed E-state index contributed by atoms with van der Waals surface area (Å²) >= 11 is 5.97. The first-order chi connectivity index (χ1) is 15.0. The maximum atomic E-state index is 13.1. The summed E-state index contributed by atoms with van der Waals surface area (Å²) in [5.74, 6) is -1.52. The summed E-state index contributed by atoms with van der Waals surface area (Å²) in [7, 11) is 1.59. The number of halogens is 1. The largest absolute Gasteiger partial charge is 0.507 e. The molecule has 1 unspecified atom stereocenters. The van der Waals surface area contributed by atoms with E-state index in [0.29, 0.717) is 30.2 Å². The Morgan fingerprint density at radius 2 is 1.74 bits per heavy atom. The highest BCUT2D eigenvalue weighted by Crippen LogP contribution is 2.41. The van der Waals surface area contributed by atoms with Crippen LogP contribution in [0.4, 0.5) is 0 Å². The maximum absolute atomic E-state index is 13.1. The number of hydrogen-bond donors (Lipinski definition) is 1. The van der Waals surface area contributed by atoms with Gasteiger partial charge < -0.3 is 14.7 Å². The number of carbonyl (C=O) groups is 2. The number of Topliss-reactive ketones (excluding diaryl/α,β-unsaturated/α-hetero) is 1. The zero-order chi connectivity index (χ0) is 22.0. The van der Waals surface area contributed by atoms with Crippen LogP contribution in [-0.4, -0.2) is 42.0 Å². The molecule has 1 amide bonds. The Balaban J connectivity index is 1.91. The zero-order valence-electron chi connectivity index (χ0n) is 17.0. The minimum absolute atomic E-state index is 0.0843. The smallest absolute Gasteiger partial charge is 0.295 e. The molecular weight excluding hydrogens is 414 g/mol. The predicted molar refractivity (Wildman–Crippen MR) is 121 cm³/mol. The molecule has 1 aliphatic heterocycles. The van der Waals surface area contributed by atoms with E-state index >= 15 is 0 Å². The van der Waals surface area contributed by atoms with Crippen molar-refractivity contribution in [3.63, 3.8) is 0 Å². The second-order valence-corrected chi connectivity index (χ2v) is 7.85. The van der Waals surface area contributed by atoms with Gasteiger partial charge in [0, 0.05) is 30.8 Å². The molecule has 6 heteroatoms. The number of fused-ring (bicyclic) bond motifs is 1. The minimum atomic E-state index is -0.696. The number of ether oxygens (including phenoxy) is 1. The van der Waals surface area contributed by atoms with Gasteiger partial charge in [-0.15, -0.1) is 0 Å². The first kappa shape index (κ1) is 21.1. The van der Waals surface area contributed by atoms with Crippen molar-refractivity contribution in [1.29, 1.82) is 0 Å². The van der Waals surface area contributed by atoms with Crippen LogP contribution in [0, 0.1) is 0 Å². The molecule has 1 N–H and O–H groups in total. The Bertz CT molecular complexity index is 1160. The number of aliphatic hydroxyl groups excluding tert-OH is 1. The average Bonchev–Trinajstić information content (AvgIpc) is 3.04. The quantitative estimate of drug-likeness (QED) is 0.257. The van der Waals surface area contributed by atoms with Gasteiger partial charge in [-0.05, 0) is 47.0 Å². The molecule has 1 saturated heterocycles. The van der Waals surface area contributed by atoms with Gasteiger partial charge >= 0.3 is 0 Å². The molecule has 0 bridgehead atoms. The van der Waals surface area contributed by atoms with E-state index in [1.807, 2.05) is 42.5 Å². The molecule has 1 atom stereocenters. The third-order valence-corrected chi connectivity index (χ3v) is 5.78. The highest BCUT2D eigenvalue weighted by Gasteiger charge is 2.46. The van der Waals surface area contributed by atoms with Crippen molar-refractivity contribution in [2.24, 2.45) is 0 Å². The number of aliphatic hydroxyl groups is 1. The number of rotatable bonds is 6. The molecule has 31 heavy (non-hydrogen) atoms. The summed E-state index contributed by atoms with van der Waals surface area (Å²) in [5, 5.41) is 13.5. The number of carbonyl (C=O) groups excluding carboxylic acids is 2. The summed E-state index contributed by atoms with van der Waals surface area (Å²) in [5.41, 5.74) is 1.32. The van der Waals surface area contributed by atoms with Crippen molar-refractivity contribution >= 4 is 39.8 Å². The number of hydrogen-bond acceptors (Lipinski definition) is 4. The molecule has 0 saturated carbocycles. The number of methoxy groups -OCH3 is 1. The van der Waals surface area contributed by atoms with Crippen LogP contribution in [0.2, 0.25) is 5.02 Å². The van der Waals surface area contributed by atoms with Crippen molar-refractivity contribution in [2.75, 3.05) is 20.3 Å². The Labute approximate surface area is 185 Å². The van der Waals surface area contributed by atoms with Crippen LogP contribution in [0.5, 0.6) is 0 Å². The fourth-order valence-electron chi connectivity index (χ4n) is 4.07. The van der Waals surface area contributed by atoms with Crippen LogP contribution < -0.4 is 0 Å². The fourth-order valence-corrected chi connectivity index (χ4v) is 4.19. The molecule has 4 rings (SSSR count). The summed E-state index contributed by atoms with van der Waals surface area (Å²) in [6, 6.07) is 19.4. The van der Waals surface area contributed by atoms with E-state index in [1.165, 1.54) is 4.90 Å². The fraction of sp³-hybridized carbons (Fsp3) is 0.200. The van der Waals surface area contributed by atoms with Crippen LogP contribution in [0.25, 0.3) is 16.5 Å². The second kappa shape index (κ2) is 8.92. The SMILES string of the molecule is COCCCN1C(=O)C(=O)C(=C(O)c2ccc(Cl)cc2)C1c1cccc2ccccc12. The Kier molecular flexibility index (Phi) is 6.07. The van der Waals surface area contributed by atoms with Gasteiger partial charge in [0.25, 0.3) is 11.7 Å². The molecule has 3 aromatic carbocycles. The van der Waals surface area contributed by atoms with Crippen molar-refractivity contribution in [3.8, 4) is 0 Å². The molecule has 0 spiro atoms. The van der Waals surface area contributed by atoms with Crippen LogP contribution in [-0.2, 0) is 14.3 Å². The van der Waals surface area contributed by atoms with E-state index in [-0.39, 0.29) is 11.3 Å². The van der Waals surface area contributed by atoms with Gasteiger partial charge in [-0.2, -0.15) is 0 Å². The number of ketones is 1. The molecule has 1 heterocycles. The van der Waals surface area contributed by atoms with Crippen molar-refractivity contribution in [2.45, 2.75) is 12.5 Å². The molecule has 0 radical (unpaired) electrons. The third kappa shape index (κ3) is 3.94. The predicted octanol–water partition coefficient (Wildman–Crippen LogP) is 4.95. The van der Waals surface area contributed by atoms with E-state index in [2.05, 4.69) is 0 Å². The third-order valence-electron chi connectivity index (χ3n) is 5.52.